The number of ether oxygens (including phenoxy) is 2. The van der Waals surface area contributed by atoms with E-state index in [1.54, 1.807) is 0 Å². The molecule has 3 aromatic rings. The molecule has 0 aromatic carbocycles. The number of nitrogens with zero attached hydrogens (tertiary/aromatic N) is 8. The highest BCUT2D eigenvalue weighted by atomic mass is 16.5. The smallest absolute Gasteiger partial charge is 0.254 e. The van der Waals surface area contributed by atoms with Crippen LogP contribution < -0.4 is 4.90 Å². The summed E-state index contributed by atoms with van der Waals surface area (Å²) in [7, 11) is 4.26. The Balaban J connectivity index is 1.41. The van der Waals surface area contributed by atoms with Crippen molar-refractivity contribution in [3.8, 4) is 5.95 Å². The summed E-state index contributed by atoms with van der Waals surface area (Å²) in [5.41, 5.74) is 2.86. The highest BCUT2D eigenvalue weighted by Gasteiger charge is 2.27. The lowest BCUT2D eigenvalue weighted by molar-refractivity contribution is 0.0831. The summed E-state index contributed by atoms with van der Waals surface area (Å²) in [6.45, 7) is 6.77. The molecule has 10 nitrogen and oxygen atoms in total. The molecule has 3 aliphatic heterocycles. The quantitative estimate of drug-likeness (QED) is 0.578. The summed E-state index contributed by atoms with van der Waals surface area (Å²) < 4.78 is 15.2. The molecule has 182 valence electrons. The molecule has 3 saturated heterocycles. The topological polar surface area (TPSA) is 86.4 Å². The summed E-state index contributed by atoms with van der Waals surface area (Å²) in [6.07, 6.45) is 6.37. The first-order valence-corrected chi connectivity index (χ1v) is 12.6. The van der Waals surface area contributed by atoms with E-state index in [1.165, 1.54) is 12.8 Å². The van der Waals surface area contributed by atoms with E-state index in [9.17, 15) is 0 Å². The standard InChI is InChI=1S/C24H34N8O2/c1-29-8-3-4-18(16-29)19-5-9-32(28-19)24-26-22-20(23(27-24)31-10-14-34-15-11-31)25-21(30(22)2)17-6-12-33-13-7-17/h5,9,17-18H,3-4,6-8,10-16H2,1-2H3. The molecule has 0 bridgehead atoms. The van der Waals surface area contributed by atoms with Crippen molar-refractivity contribution in [2.24, 2.45) is 7.05 Å². The molecular weight excluding hydrogens is 432 g/mol. The van der Waals surface area contributed by atoms with Gasteiger partial charge in [0.1, 0.15) is 5.82 Å². The van der Waals surface area contributed by atoms with Gasteiger partial charge in [-0.05, 0) is 45.3 Å². The number of hydrogen-bond acceptors (Lipinski definition) is 8. The molecule has 0 saturated carbocycles. The fourth-order valence-corrected chi connectivity index (χ4v) is 5.55. The molecular formula is C24H34N8O2. The highest BCUT2D eigenvalue weighted by molar-refractivity contribution is 5.85. The van der Waals surface area contributed by atoms with Crippen LogP contribution in [0.1, 0.15) is 49.0 Å². The second-order valence-electron chi connectivity index (χ2n) is 9.82. The molecule has 3 aliphatic rings. The van der Waals surface area contributed by atoms with Gasteiger partial charge in [-0.25, -0.2) is 9.67 Å². The number of anilines is 1. The molecule has 10 heteroatoms. The van der Waals surface area contributed by atoms with Gasteiger partial charge in [0.15, 0.2) is 17.0 Å². The lowest BCUT2D eigenvalue weighted by Gasteiger charge is -2.28. The van der Waals surface area contributed by atoms with Crippen molar-refractivity contribution in [2.75, 3.05) is 64.6 Å². The summed E-state index contributed by atoms with van der Waals surface area (Å²) in [5.74, 6) is 3.40. The van der Waals surface area contributed by atoms with Gasteiger partial charge in [0.25, 0.3) is 5.95 Å². The fourth-order valence-electron chi connectivity index (χ4n) is 5.55. The van der Waals surface area contributed by atoms with Crippen molar-refractivity contribution in [3.63, 3.8) is 0 Å². The van der Waals surface area contributed by atoms with E-state index >= 15 is 0 Å². The molecule has 0 radical (unpaired) electrons. The first-order valence-electron chi connectivity index (χ1n) is 12.6. The van der Waals surface area contributed by atoms with Crippen LogP contribution in [0.25, 0.3) is 17.1 Å². The Hall–Kier alpha value is -2.56. The van der Waals surface area contributed by atoms with Gasteiger partial charge in [-0.3, -0.25) is 0 Å². The highest BCUT2D eigenvalue weighted by Crippen LogP contribution is 2.32. The van der Waals surface area contributed by atoms with Crippen LogP contribution in [0, 0.1) is 0 Å². The molecule has 3 aromatic heterocycles. The number of aryl methyl sites for hydroxylation is 1. The number of aromatic nitrogens is 6. The van der Waals surface area contributed by atoms with Crippen LogP contribution in [-0.2, 0) is 16.5 Å². The number of hydrogen-bond donors (Lipinski definition) is 0. The zero-order valence-electron chi connectivity index (χ0n) is 20.2. The van der Waals surface area contributed by atoms with E-state index in [4.69, 9.17) is 29.5 Å². The second kappa shape index (κ2) is 9.24. The molecule has 1 atom stereocenters. The molecule has 6 heterocycles. The van der Waals surface area contributed by atoms with Crippen LogP contribution in [-0.4, -0.2) is 93.9 Å². The Morgan fingerprint density at radius 2 is 1.68 bits per heavy atom. The van der Waals surface area contributed by atoms with Crippen LogP contribution in [0.5, 0.6) is 0 Å². The molecule has 34 heavy (non-hydrogen) atoms. The van der Waals surface area contributed by atoms with Crippen LogP contribution >= 0.6 is 0 Å². The third-order valence-corrected chi connectivity index (χ3v) is 7.48. The number of rotatable bonds is 4. The van der Waals surface area contributed by atoms with Crippen molar-refractivity contribution < 1.29 is 9.47 Å². The van der Waals surface area contributed by atoms with Gasteiger partial charge in [-0.1, -0.05) is 0 Å². The van der Waals surface area contributed by atoms with Gasteiger partial charge in [-0.2, -0.15) is 15.1 Å². The number of piperidine rings is 1. The Labute approximate surface area is 199 Å². The molecule has 3 fully saturated rings. The minimum absolute atomic E-state index is 0.383. The average molecular weight is 467 g/mol. The van der Waals surface area contributed by atoms with Crippen molar-refractivity contribution in [2.45, 2.75) is 37.5 Å². The number of morpholine rings is 1. The molecule has 0 N–H and O–H groups in total. The summed E-state index contributed by atoms with van der Waals surface area (Å²) in [5, 5.41) is 4.93. The number of fused-ring (bicyclic) bond motifs is 1. The Kier molecular flexibility index (Phi) is 5.96. The van der Waals surface area contributed by atoms with Crippen LogP contribution in [0.3, 0.4) is 0 Å². The van der Waals surface area contributed by atoms with E-state index in [-0.39, 0.29) is 0 Å². The van der Waals surface area contributed by atoms with Gasteiger partial charge in [0.2, 0.25) is 0 Å². The van der Waals surface area contributed by atoms with Crippen LogP contribution in [0.4, 0.5) is 5.82 Å². The maximum atomic E-state index is 5.61. The summed E-state index contributed by atoms with van der Waals surface area (Å²) in [6, 6.07) is 2.13. The van der Waals surface area contributed by atoms with Crippen LogP contribution in [0.2, 0.25) is 0 Å². The minimum atomic E-state index is 0.383. The monoisotopic (exact) mass is 466 g/mol. The van der Waals surface area contributed by atoms with Gasteiger partial charge >= 0.3 is 0 Å². The first kappa shape index (κ1) is 21.9. The summed E-state index contributed by atoms with van der Waals surface area (Å²) in [4.78, 5) is 19.8. The third kappa shape index (κ3) is 4.08. The Morgan fingerprint density at radius 1 is 0.882 bits per heavy atom. The van der Waals surface area contributed by atoms with Gasteiger partial charge in [0.05, 0.1) is 18.9 Å². The molecule has 6 rings (SSSR count). The predicted molar refractivity (Wildman–Crippen MR) is 129 cm³/mol. The maximum absolute atomic E-state index is 5.61. The van der Waals surface area contributed by atoms with Gasteiger partial charge in [0, 0.05) is 57.9 Å². The Bertz CT molecular complexity index is 1150. The Morgan fingerprint density at radius 3 is 2.47 bits per heavy atom. The molecule has 0 aliphatic carbocycles. The normalized spacial score (nSPS) is 23.1. The van der Waals surface area contributed by atoms with Crippen molar-refractivity contribution in [1.29, 1.82) is 0 Å². The second-order valence-corrected chi connectivity index (χ2v) is 9.82. The SMILES string of the molecule is CN1CCCC(c2ccn(-c3nc(N4CCOCC4)c4nc(C5CCOCC5)n(C)c4n3)n2)C1. The number of likely N-dealkylation sites (tertiary alicyclic amines) is 1. The van der Waals surface area contributed by atoms with E-state index < -0.39 is 0 Å². The number of likely N-dealkylation sites (N-methyl/N-ethyl adjacent to an activating group) is 1. The van der Waals surface area contributed by atoms with Crippen LogP contribution in [0.15, 0.2) is 12.3 Å². The third-order valence-electron chi connectivity index (χ3n) is 7.48. The minimum Gasteiger partial charge on any atom is -0.381 e. The molecule has 0 amide bonds. The van der Waals surface area contributed by atoms with E-state index in [1.807, 2.05) is 10.9 Å². The van der Waals surface area contributed by atoms with Crippen molar-refractivity contribution >= 4 is 17.0 Å². The first-order chi connectivity index (χ1) is 16.7. The molecule has 1 unspecified atom stereocenters. The van der Waals surface area contributed by atoms with Crippen molar-refractivity contribution in [3.05, 3.63) is 23.8 Å². The maximum Gasteiger partial charge on any atom is 0.254 e. The van der Waals surface area contributed by atoms with E-state index in [2.05, 4.69) is 34.5 Å². The lowest BCUT2D eigenvalue weighted by atomic mass is 9.95. The fraction of sp³-hybridized carbons (Fsp3) is 0.667. The van der Waals surface area contributed by atoms with E-state index in [0.717, 1.165) is 80.7 Å². The summed E-state index contributed by atoms with van der Waals surface area (Å²) >= 11 is 0. The van der Waals surface area contributed by atoms with Gasteiger partial charge < -0.3 is 23.8 Å². The predicted octanol–water partition coefficient (Wildman–Crippen LogP) is 2.09. The van der Waals surface area contributed by atoms with Gasteiger partial charge in [-0.15, -0.1) is 0 Å². The zero-order chi connectivity index (χ0) is 23.1. The van der Waals surface area contributed by atoms with E-state index in [0.29, 0.717) is 31.0 Å². The zero-order valence-corrected chi connectivity index (χ0v) is 20.2. The number of imidazole rings is 1. The molecule has 0 spiro atoms. The largest absolute Gasteiger partial charge is 0.381 e. The van der Waals surface area contributed by atoms with Crippen molar-refractivity contribution in [1.82, 2.24) is 34.2 Å². The average Bonchev–Trinajstić information content (AvgIpc) is 3.50. The lowest BCUT2D eigenvalue weighted by Crippen LogP contribution is -2.37.